The number of aromatic nitrogens is 1. The molecule has 2 fully saturated rings. The fraction of sp³-hybridized carbons (Fsp3) is 0.579. The maximum absolute atomic E-state index is 13.1. The van der Waals surface area contributed by atoms with Gasteiger partial charge in [-0.3, -0.25) is 14.2 Å². The topological polar surface area (TPSA) is 88.9 Å². The van der Waals surface area contributed by atoms with Gasteiger partial charge in [-0.25, -0.2) is 8.42 Å². The molecule has 29 heavy (non-hydrogen) atoms. The van der Waals surface area contributed by atoms with E-state index >= 15 is 0 Å². The number of sulfonamides is 1. The first kappa shape index (κ1) is 20.5. The van der Waals surface area contributed by atoms with Crippen molar-refractivity contribution in [2.75, 3.05) is 32.8 Å². The van der Waals surface area contributed by atoms with E-state index in [1.54, 1.807) is 27.4 Å². The Morgan fingerprint density at radius 1 is 1.21 bits per heavy atom. The van der Waals surface area contributed by atoms with Gasteiger partial charge >= 0.3 is 4.87 Å². The molecule has 2 aliphatic heterocycles. The minimum Gasteiger partial charge on any atom is -0.378 e. The van der Waals surface area contributed by atoms with Crippen molar-refractivity contribution >= 4 is 37.5 Å². The highest BCUT2D eigenvalue weighted by molar-refractivity contribution is 7.89. The number of piperidine rings is 1. The number of hydrogen-bond acceptors (Lipinski definition) is 6. The van der Waals surface area contributed by atoms with Crippen molar-refractivity contribution in [3.8, 4) is 0 Å². The van der Waals surface area contributed by atoms with Crippen molar-refractivity contribution in [1.82, 2.24) is 13.8 Å². The van der Waals surface area contributed by atoms with E-state index in [0.717, 1.165) is 30.6 Å². The third-order valence-electron chi connectivity index (χ3n) is 5.65. The number of carbonyl (C=O) groups is 1. The van der Waals surface area contributed by atoms with Crippen molar-refractivity contribution in [2.45, 2.75) is 43.7 Å². The molecule has 0 saturated carbocycles. The van der Waals surface area contributed by atoms with E-state index < -0.39 is 10.0 Å². The molecule has 1 amide bonds. The van der Waals surface area contributed by atoms with Crippen LogP contribution >= 0.6 is 11.3 Å². The van der Waals surface area contributed by atoms with Crippen molar-refractivity contribution in [3.05, 3.63) is 27.9 Å². The molecule has 0 spiro atoms. The molecule has 2 aliphatic rings. The van der Waals surface area contributed by atoms with Gasteiger partial charge < -0.3 is 9.64 Å². The summed E-state index contributed by atoms with van der Waals surface area (Å²) in [7, 11) is -3.61. The zero-order valence-corrected chi connectivity index (χ0v) is 18.0. The van der Waals surface area contributed by atoms with Crippen molar-refractivity contribution in [3.63, 3.8) is 0 Å². The van der Waals surface area contributed by atoms with E-state index in [2.05, 4.69) is 0 Å². The van der Waals surface area contributed by atoms with Crippen LogP contribution in [0.4, 0.5) is 0 Å². The number of fused-ring (bicyclic) bond motifs is 1. The fourth-order valence-corrected chi connectivity index (χ4v) is 6.70. The van der Waals surface area contributed by atoms with Crippen LogP contribution in [0.1, 0.15) is 26.2 Å². The predicted octanol–water partition coefficient (Wildman–Crippen LogP) is 1.48. The first-order valence-electron chi connectivity index (χ1n) is 9.88. The van der Waals surface area contributed by atoms with E-state index in [0.29, 0.717) is 43.1 Å². The second-order valence-electron chi connectivity index (χ2n) is 7.54. The lowest BCUT2D eigenvalue weighted by molar-refractivity contribution is -0.135. The lowest BCUT2D eigenvalue weighted by Gasteiger charge is -2.32. The van der Waals surface area contributed by atoms with Crippen LogP contribution in [0.3, 0.4) is 0 Å². The second-order valence-corrected chi connectivity index (χ2v) is 10.4. The van der Waals surface area contributed by atoms with E-state index in [1.165, 1.54) is 4.57 Å². The number of hydrogen-bond donors (Lipinski definition) is 0. The molecular formula is C19H25N3O5S2. The Balaban J connectivity index is 1.62. The van der Waals surface area contributed by atoms with Gasteiger partial charge in [0.1, 0.15) is 6.54 Å². The van der Waals surface area contributed by atoms with Crippen LogP contribution < -0.4 is 4.87 Å². The number of nitrogens with zero attached hydrogens (tertiary/aromatic N) is 3. The zero-order chi connectivity index (χ0) is 20.6. The van der Waals surface area contributed by atoms with Crippen LogP contribution in [-0.4, -0.2) is 67.0 Å². The molecular weight excluding hydrogens is 414 g/mol. The molecule has 1 atom stereocenters. The van der Waals surface area contributed by atoms with E-state index in [-0.39, 0.29) is 28.3 Å². The average molecular weight is 440 g/mol. The number of carbonyl (C=O) groups excluding carboxylic acids is 1. The fourth-order valence-electron chi connectivity index (χ4n) is 3.97. The summed E-state index contributed by atoms with van der Waals surface area (Å²) in [5, 5.41) is 0. The van der Waals surface area contributed by atoms with Gasteiger partial charge in [0, 0.05) is 25.7 Å². The summed E-state index contributed by atoms with van der Waals surface area (Å²) in [5.74, 6) is -0.131. The molecule has 10 heteroatoms. The van der Waals surface area contributed by atoms with Crippen molar-refractivity contribution in [2.24, 2.45) is 0 Å². The van der Waals surface area contributed by atoms with Crippen LogP contribution in [0.2, 0.25) is 0 Å². The smallest absolute Gasteiger partial charge is 0.308 e. The number of amides is 1. The molecule has 1 aromatic heterocycles. The molecule has 0 aliphatic carbocycles. The number of benzene rings is 1. The van der Waals surface area contributed by atoms with Gasteiger partial charge in [0.25, 0.3) is 0 Å². The summed E-state index contributed by atoms with van der Waals surface area (Å²) in [6.07, 6.45) is 2.75. The molecule has 0 bridgehead atoms. The van der Waals surface area contributed by atoms with Crippen molar-refractivity contribution in [1.29, 1.82) is 0 Å². The molecule has 8 nitrogen and oxygen atoms in total. The minimum absolute atomic E-state index is 0.0288. The number of rotatable bonds is 4. The first-order chi connectivity index (χ1) is 13.9. The number of thiazole rings is 1. The molecule has 0 radical (unpaired) electrons. The Morgan fingerprint density at radius 2 is 1.97 bits per heavy atom. The maximum atomic E-state index is 13.1. The molecule has 4 rings (SSSR count). The van der Waals surface area contributed by atoms with Gasteiger partial charge in [-0.15, -0.1) is 0 Å². The van der Waals surface area contributed by atoms with Crippen LogP contribution in [-0.2, 0) is 26.1 Å². The van der Waals surface area contributed by atoms with Crippen molar-refractivity contribution < 1.29 is 17.9 Å². The normalized spacial score (nSPS) is 21.6. The van der Waals surface area contributed by atoms with Crippen LogP contribution in [0.25, 0.3) is 10.2 Å². The zero-order valence-electron chi connectivity index (χ0n) is 16.4. The molecule has 1 aromatic carbocycles. The van der Waals surface area contributed by atoms with Crippen LogP contribution in [0, 0.1) is 0 Å². The summed E-state index contributed by atoms with van der Waals surface area (Å²) in [4.78, 5) is 26.7. The minimum atomic E-state index is -3.61. The molecule has 2 aromatic rings. The highest BCUT2D eigenvalue weighted by Crippen LogP contribution is 2.28. The summed E-state index contributed by atoms with van der Waals surface area (Å²) in [6, 6.07) is 4.72. The molecule has 3 heterocycles. The number of morpholine rings is 1. The van der Waals surface area contributed by atoms with Gasteiger partial charge in [0.2, 0.25) is 15.9 Å². The monoisotopic (exact) mass is 439 g/mol. The predicted molar refractivity (Wildman–Crippen MR) is 111 cm³/mol. The highest BCUT2D eigenvalue weighted by Gasteiger charge is 2.31. The quantitative estimate of drug-likeness (QED) is 0.720. The second kappa shape index (κ2) is 8.17. The Kier molecular flexibility index (Phi) is 5.78. The van der Waals surface area contributed by atoms with Gasteiger partial charge in [0.15, 0.2) is 0 Å². The van der Waals surface area contributed by atoms with Gasteiger partial charge in [-0.05, 0) is 38.0 Å². The van der Waals surface area contributed by atoms with Gasteiger partial charge in [-0.1, -0.05) is 17.8 Å². The Hall–Kier alpha value is -1.75. The van der Waals surface area contributed by atoms with Gasteiger partial charge in [-0.2, -0.15) is 4.31 Å². The summed E-state index contributed by atoms with van der Waals surface area (Å²) in [6.45, 7) is 4.45. The largest absolute Gasteiger partial charge is 0.378 e. The van der Waals surface area contributed by atoms with E-state index in [1.807, 2.05) is 6.92 Å². The summed E-state index contributed by atoms with van der Waals surface area (Å²) in [5.41, 5.74) is 0.590. The Labute approximate surface area is 173 Å². The third kappa shape index (κ3) is 3.98. The molecule has 158 valence electrons. The standard InChI is InChI=1S/C19H25N3O5S2/c1-14-4-2-3-7-22(14)29(25,26)15-5-6-16-17(12-15)28-19(24)21(16)13-18(23)20-8-10-27-11-9-20/h5-6,12,14H,2-4,7-11,13H2,1H3. The first-order valence-corrected chi connectivity index (χ1v) is 12.1. The molecule has 2 saturated heterocycles. The Bertz CT molecular complexity index is 1070. The third-order valence-corrected chi connectivity index (χ3v) is 8.60. The van der Waals surface area contributed by atoms with Crippen LogP contribution in [0.15, 0.2) is 27.9 Å². The highest BCUT2D eigenvalue weighted by atomic mass is 32.2. The summed E-state index contributed by atoms with van der Waals surface area (Å²) < 4.78 is 35.0. The molecule has 1 unspecified atom stereocenters. The van der Waals surface area contributed by atoms with E-state index in [4.69, 9.17) is 4.74 Å². The van der Waals surface area contributed by atoms with Gasteiger partial charge in [0.05, 0.1) is 28.3 Å². The number of ether oxygens (including phenoxy) is 1. The lowest BCUT2D eigenvalue weighted by atomic mass is 10.1. The maximum Gasteiger partial charge on any atom is 0.308 e. The SMILES string of the molecule is CC1CCCCN1S(=O)(=O)c1ccc2c(c1)sc(=O)n2CC(=O)N1CCOCC1. The van der Waals surface area contributed by atoms with E-state index in [9.17, 15) is 18.0 Å². The Morgan fingerprint density at radius 3 is 2.69 bits per heavy atom. The molecule has 0 N–H and O–H groups in total. The van der Waals surface area contributed by atoms with Crippen LogP contribution in [0.5, 0.6) is 0 Å². The average Bonchev–Trinajstić information content (AvgIpc) is 3.03. The lowest BCUT2D eigenvalue weighted by Crippen LogP contribution is -2.43. The summed E-state index contributed by atoms with van der Waals surface area (Å²) >= 11 is 0.974.